The molecule has 0 atom stereocenters. The summed E-state index contributed by atoms with van der Waals surface area (Å²) in [5, 5.41) is 2.78. The van der Waals surface area contributed by atoms with E-state index in [0.29, 0.717) is 5.88 Å². The first-order chi connectivity index (χ1) is 3.66. The summed E-state index contributed by atoms with van der Waals surface area (Å²) in [6.07, 6.45) is 0.218. The van der Waals surface area contributed by atoms with E-state index in [2.05, 4.69) is 11.9 Å². The van der Waals surface area contributed by atoms with Crippen LogP contribution in [0.5, 0.6) is 0 Å². The molecule has 0 rings (SSSR count). The number of ether oxygens (including phenoxy) is 1. The van der Waals surface area contributed by atoms with E-state index in [1.54, 1.807) is 7.05 Å². The first-order valence-corrected chi connectivity index (χ1v) is 2.70. The van der Waals surface area contributed by atoms with Gasteiger partial charge in [0.05, 0.1) is 6.10 Å². The maximum Gasteiger partial charge on any atom is 0.179 e. The summed E-state index contributed by atoms with van der Waals surface area (Å²) in [6, 6.07) is 0. The van der Waals surface area contributed by atoms with E-state index in [4.69, 9.17) is 4.74 Å². The Balaban J connectivity index is 3.25. The Hall–Kier alpha value is -0.660. The van der Waals surface area contributed by atoms with Crippen LogP contribution in [0.1, 0.15) is 13.8 Å². The van der Waals surface area contributed by atoms with Crippen molar-refractivity contribution >= 4 is 0 Å². The predicted octanol–water partition coefficient (Wildman–Crippen LogP) is 1.10. The molecule has 0 unspecified atom stereocenters. The van der Waals surface area contributed by atoms with Crippen LogP contribution in [0.25, 0.3) is 0 Å². The van der Waals surface area contributed by atoms with Gasteiger partial charge in [0, 0.05) is 7.05 Å². The summed E-state index contributed by atoms with van der Waals surface area (Å²) in [5.41, 5.74) is 0. The van der Waals surface area contributed by atoms with Crippen molar-refractivity contribution < 1.29 is 4.74 Å². The normalized spacial score (nSPS) is 9.00. The zero-order valence-corrected chi connectivity index (χ0v) is 5.69. The van der Waals surface area contributed by atoms with Gasteiger partial charge in [-0.3, -0.25) is 0 Å². The second-order valence-corrected chi connectivity index (χ2v) is 1.84. The number of hydrogen-bond donors (Lipinski definition) is 1. The lowest BCUT2D eigenvalue weighted by atomic mass is 10.5. The highest BCUT2D eigenvalue weighted by atomic mass is 16.5. The van der Waals surface area contributed by atoms with Gasteiger partial charge < -0.3 is 10.1 Å². The van der Waals surface area contributed by atoms with Crippen LogP contribution in [0, 0.1) is 0 Å². The average molecular weight is 115 g/mol. The maximum absolute atomic E-state index is 5.09. The molecule has 48 valence electrons. The van der Waals surface area contributed by atoms with Crippen LogP contribution in [0.3, 0.4) is 0 Å². The molecule has 2 nitrogen and oxygen atoms in total. The molecule has 0 aliphatic carbocycles. The van der Waals surface area contributed by atoms with E-state index in [9.17, 15) is 0 Å². The molecule has 0 heterocycles. The summed E-state index contributed by atoms with van der Waals surface area (Å²) in [7, 11) is 1.78. The Labute approximate surface area is 50.5 Å². The van der Waals surface area contributed by atoms with Gasteiger partial charge >= 0.3 is 0 Å². The molecule has 0 amide bonds. The third-order valence-corrected chi connectivity index (χ3v) is 0.657. The van der Waals surface area contributed by atoms with E-state index in [1.165, 1.54) is 0 Å². The Bertz CT molecular complexity index is 78.6. The molecule has 0 aliphatic rings. The minimum Gasteiger partial charge on any atom is -0.477 e. The van der Waals surface area contributed by atoms with Gasteiger partial charge in [0.2, 0.25) is 0 Å². The zero-order chi connectivity index (χ0) is 6.57. The van der Waals surface area contributed by atoms with Crippen molar-refractivity contribution in [3.8, 4) is 0 Å². The molecule has 0 fully saturated rings. The van der Waals surface area contributed by atoms with Gasteiger partial charge in [-0.05, 0) is 20.4 Å². The zero-order valence-electron chi connectivity index (χ0n) is 5.69. The number of rotatable bonds is 3. The van der Waals surface area contributed by atoms with Crippen molar-refractivity contribution in [2.45, 2.75) is 20.0 Å². The predicted molar refractivity (Wildman–Crippen MR) is 34.4 cm³/mol. The van der Waals surface area contributed by atoms with Gasteiger partial charge in [-0.2, -0.15) is 0 Å². The van der Waals surface area contributed by atoms with Crippen LogP contribution in [0.15, 0.2) is 12.5 Å². The lowest BCUT2D eigenvalue weighted by Crippen LogP contribution is -2.12. The van der Waals surface area contributed by atoms with E-state index in [0.717, 1.165) is 0 Å². The van der Waals surface area contributed by atoms with Gasteiger partial charge in [-0.25, -0.2) is 0 Å². The molecule has 0 aliphatic heterocycles. The summed E-state index contributed by atoms with van der Waals surface area (Å²) in [4.78, 5) is 0. The van der Waals surface area contributed by atoms with Crippen LogP contribution < -0.4 is 5.32 Å². The van der Waals surface area contributed by atoms with Crippen molar-refractivity contribution in [1.82, 2.24) is 5.32 Å². The highest BCUT2D eigenvalue weighted by Gasteiger charge is 1.91. The van der Waals surface area contributed by atoms with Gasteiger partial charge in [0.1, 0.15) is 0 Å². The molecule has 2 heteroatoms. The fraction of sp³-hybridized carbons (Fsp3) is 0.667. The molecule has 0 aromatic rings. The largest absolute Gasteiger partial charge is 0.477 e. The second kappa shape index (κ2) is 3.36. The molecule has 0 aromatic heterocycles. The summed E-state index contributed by atoms with van der Waals surface area (Å²) in [5.74, 6) is 0.625. The fourth-order valence-electron chi connectivity index (χ4n) is 0.343. The second-order valence-electron chi connectivity index (χ2n) is 1.84. The molecule has 0 aromatic carbocycles. The molecule has 0 spiro atoms. The summed E-state index contributed by atoms with van der Waals surface area (Å²) < 4.78 is 5.09. The Kier molecular flexibility index (Phi) is 3.08. The van der Waals surface area contributed by atoms with Crippen LogP contribution in [-0.2, 0) is 4.74 Å². The number of hydrogen-bond acceptors (Lipinski definition) is 2. The first-order valence-electron chi connectivity index (χ1n) is 2.70. The molecule has 0 saturated heterocycles. The van der Waals surface area contributed by atoms with Crippen LogP contribution >= 0.6 is 0 Å². The van der Waals surface area contributed by atoms with Crippen LogP contribution in [0.4, 0.5) is 0 Å². The van der Waals surface area contributed by atoms with Crippen molar-refractivity contribution in [3.63, 3.8) is 0 Å². The summed E-state index contributed by atoms with van der Waals surface area (Å²) >= 11 is 0. The van der Waals surface area contributed by atoms with E-state index in [1.807, 2.05) is 13.8 Å². The average Bonchev–Trinajstić information content (AvgIpc) is 1.65. The SMILES string of the molecule is C=C(NC)OC(C)C. The van der Waals surface area contributed by atoms with E-state index >= 15 is 0 Å². The Morgan fingerprint density at radius 1 is 1.62 bits per heavy atom. The Morgan fingerprint density at radius 2 is 2.12 bits per heavy atom. The highest BCUT2D eigenvalue weighted by molar-refractivity contribution is 4.76. The van der Waals surface area contributed by atoms with E-state index < -0.39 is 0 Å². The fourth-order valence-corrected chi connectivity index (χ4v) is 0.343. The van der Waals surface area contributed by atoms with Crippen LogP contribution in [0.2, 0.25) is 0 Å². The minimum absolute atomic E-state index is 0.218. The van der Waals surface area contributed by atoms with Crippen molar-refractivity contribution in [1.29, 1.82) is 0 Å². The van der Waals surface area contributed by atoms with Gasteiger partial charge in [-0.15, -0.1) is 0 Å². The van der Waals surface area contributed by atoms with Gasteiger partial charge in [-0.1, -0.05) is 0 Å². The highest BCUT2D eigenvalue weighted by Crippen LogP contribution is 1.92. The molecule has 0 saturated carbocycles. The molecular formula is C6H13NO. The quantitative estimate of drug-likeness (QED) is 0.556. The van der Waals surface area contributed by atoms with E-state index in [-0.39, 0.29) is 6.10 Å². The lowest BCUT2D eigenvalue weighted by Gasteiger charge is -2.10. The molecular weight excluding hydrogens is 102 g/mol. The number of nitrogens with one attached hydrogen (secondary N) is 1. The first kappa shape index (κ1) is 7.34. The Morgan fingerprint density at radius 3 is 2.25 bits per heavy atom. The smallest absolute Gasteiger partial charge is 0.179 e. The topological polar surface area (TPSA) is 21.3 Å². The third kappa shape index (κ3) is 3.53. The maximum atomic E-state index is 5.09. The molecule has 8 heavy (non-hydrogen) atoms. The van der Waals surface area contributed by atoms with Crippen molar-refractivity contribution in [3.05, 3.63) is 12.5 Å². The third-order valence-electron chi connectivity index (χ3n) is 0.657. The summed E-state index contributed by atoms with van der Waals surface area (Å²) in [6.45, 7) is 7.50. The van der Waals surface area contributed by atoms with Crippen molar-refractivity contribution in [2.24, 2.45) is 0 Å². The molecule has 0 bridgehead atoms. The van der Waals surface area contributed by atoms with Crippen molar-refractivity contribution in [2.75, 3.05) is 7.05 Å². The minimum atomic E-state index is 0.218. The van der Waals surface area contributed by atoms with Gasteiger partial charge in [0.25, 0.3) is 0 Å². The van der Waals surface area contributed by atoms with Crippen LogP contribution in [-0.4, -0.2) is 13.2 Å². The standard InChI is InChI=1S/C6H13NO/c1-5(2)8-6(3)7-4/h5,7H,3H2,1-2,4H3. The molecule has 0 radical (unpaired) electrons. The molecule has 1 N–H and O–H groups in total. The monoisotopic (exact) mass is 115 g/mol. The lowest BCUT2D eigenvalue weighted by molar-refractivity contribution is 0.135. The van der Waals surface area contributed by atoms with Gasteiger partial charge in [0.15, 0.2) is 5.88 Å².